The number of hydrogen-bond acceptors (Lipinski definition) is 3. The summed E-state index contributed by atoms with van der Waals surface area (Å²) >= 11 is 8.94. The first-order valence-electron chi connectivity index (χ1n) is 9.50. The highest BCUT2D eigenvalue weighted by Gasteiger charge is 2.18. The largest absolute Gasteiger partial charge is 0.348 e. The van der Waals surface area contributed by atoms with Gasteiger partial charge in [-0.1, -0.05) is 12.1 Å². The lowest BCUT2D eigenvalue weighted by Gasteiger charge is -2.25. The number of nitrogens with one attached hydrogen (secondary N) is 2. The summed E-state index contributed by atoms with van der Waals surface area (Å²) in [6.07, 6.45) is 1.01. The van der Waals surface area contributed by atoms with Gasteiger partial charge in [-0.05, 0) is 70.5 Å². The van der Waals surface area contributed by atoms with Gasteiger partial charge in [0.25, 0.3) is 0 Å². The average molecular weight is 479 g/mol. The molecule has 0 saturated carbocycles. The van der Waals surface area contributed by atoms with E-state index >= 15 is 0 Å². The topological polar surface area (TPSA) is 47.6 Å². The molecule has 3 rings (SSSR count). The van der Waals surface area contributed by atoms with Crippen molar-refractivity contribution in [1.29, 1.82) is 0 Å². The van der Waals surface area contributed by atoms with Gasteiger partial charge >= 0.3 is 0 Å². The van der Waals surface area contributed by atoms with E-state index in [1.165, 1.54) is 24.6 Å². The number of thiocarbonyl (C=S) groups is 1. The van der Waals surface area contributed by atoms with Crippen LogP contribution in [0.5, 0.6) is 0 Å². The predicted molar refractivity (Wildman–Crippen MR) is 123 cm³/mol. The van der Waals surface area contributed by atoms with E-state index in [0.717, 1.165) is 50.5 Å². The zero-order valence-corrected chi connectivity index (χ0v) is 18.7. The predicted octanol–water partition coefficient (Wildman–Crippen LogP) is 4.45. The number of benzene rings is 2. The van der Waals surface area contributed by atoms with Gasteiger partial charge in [-0.25, -0.2) is 4.39 Å². The van der Waals surface area contributed by atoms with Crippen molar-refractivity contribution in [2.24, 2.45) is 0 Å². The molecule has 0 unspecified atom stereocenters. The first-order chi connectivity index (χ1) is 13.9. The Hall–Kier alpha value is -2.03. The van der Waals surface area contributed by atoms with Crippen LogP contribution in [-0.2, 0) is 11.3 Å². The molecule has 2 aromatic carbocycles. The van der Waals surface area contributed by atoms with Crippen molar-refractivity contribution in [3.05, 3.63) is 58.3 Å². The molecule has 1 aliphatic rings. The SMILES string of the molecule is CC(=O)Nc1ccc(CN2CCCN(C(=S)Nc3ccc(F)cc3Br)CC2)cc1. The maximum Gasteiger partial charge on any atom is 0.221 e. The Morgan fingerprint density at radius 3 is 2.55 bits per heavy atom. The summed E-state index contributed by atoms with van der Waals surface area (Å²) < 4.78 is 13.9. The second-order valence-corrected chi connectivity index (χ2v) is 8.29. The molecule has 0 spiro atoms. The number of nitrogens with zero attached hydrogens (tertiary/aromatic N) is 2. The van der Waals surface area contributed by atoms with Crippen molar-refractivity contribution in [3.63, 3.8) is 0 Å². The molecule has 0 aromatic heterocycles. The Labute approximate surface area is 184 Å². The Morgan fingerprint density at radius 2 is 1.86 bits per heavy atom. The molecule has 1 aliphatic heterocycles. The van der Waals surface area contributed by atoms with E-state index in [4.69, 9.17) is 12.2 Å². The summed E-state index contributed by atoms with van der Waals surface area (Å²) in [5.41, 5.74) is 2.78. The van der Waals surface area contributed by atoms with E-state index < -0.39 is 0 Å². The van der Waals surface area contributed by atoms with Gasteiger partial charge in [-0.2, -0.15) is 0 Å². The first kappa shape index (κ1) is 21.7. The van der Waals surface area contributed by atoms with Crippen LogP contribution in [0.25, 0.3) is 0 Å². The van der Waals surface area contributed by atoms with Gasteiger partial charge in [-0.15, -0.1) is 0 Å². The van der Waals surface area contributed by atoms with E-state index in [0.29, 0.717) is 9.59 Å². The molecule has 0 aliphatic carbocycles. The van der Waals surface area contributed by atoms with Gasteiger partial charge in [0.05, 0.1) is 5.69 Å². The van der Waals surface area contributed by atoms with Crippen LogP contribution in [0.1, 0.15) is 18.9 Å². The third kappa shape index (κ3) is 6.48. The normalized spacial score (nSPS) is 14.9. The summed E-state index contributed by atoms with van der Waals surface area (Å²) in [7, 11) is 0. The van der Waals surface area contributed by atoms with Crippen LogP contribution in [0.3, 0.4) is 0 Å². The van der Waals surface area contributed by atoms with Crippen molar-refractivity contribution < 1.29 is 9.18 Å². The molecule has 0 radical (unpaired) electrons. The van der Waals surface area contributed by atoms with Crippen molar-refractivity contribution in [1.82, 2.24) is 9.80 Å². The molecule has 29 heavy (non-hydrogen) atoms. The third-order valence-electron chi connectivity index (χ3n) is 4.73. The van der Waals surface area contributed by atoms with E-state index in [1.807, 2.05) is 24.3 Å². The van der Waals surface area contributed by atoms with Gasteiger partial charge < -0.3 is 15.5 Å². The molecule has 1 heterocycles. The maximum atomic E-state index is 13.3. The fourth-order valence-electron chi connectivity index (χ4n) is 3.27. The molecule has 154 valence electrons. The van der Waals surface area contributed by atoms with Crippen molar-refractivity contribution >= 4 is 50.5 Å². The molecule has 2 N–H and O–H groups in total. The van der Waals surface area contributed by atoms with Crippen LogP contribution in [0.15, 0.2) is 46.9 Å². The summed E-state index contributed by atoms with van der Waals surface area (Å²) in [6, 6.07) is 12.5. The van der Waals surface area contributed by atoms with Gasteiger partial charge in [0.1, 0.15) is 5.82 Å². The van der Waals surface area contributed by atoms with Gasteiger partial charge in [0.2, 0.25) is 5.91 Å². The summed E-state index contributed by atoms with van der Waals surface area (Å²) in [4.78, 5) is 15.7. The number of carbonyl (C=O) groups excluding carboxylic acids is 1. The van der Waals surface area contributed by atoms with Crippen LogP contribution < -0.4 is 10.6 Å². The van der Waals surface area contributed by atoms with Gasteiger partial charge in [0.15, 0.2) is 5.11 Å². The van der Waals surface area contributed by atoms with Crippen molar-refractivity contribution in [3.8, 4) is 0 Å². The van der Waals surface area contributed by atoms with Crippen LogP contribution in [-0.4, -0.2) is 47.0 Å². The zero-order valence-electron chi connectivity index (χ0n) is 16.3. The van der Waals surface area contributed by atoms with Crippen LogP contribution in [0.2, 0.25) is 0 Å². The molecule has 0 bridgehead atoms. The Bertz CT molecular complexity index is 877. The third-order valence-corrected chi connectivity index (χ3v) is 5.75. The number of rotatable bonds is 4. The van der Waals surface area contributed by atoms with Crippen LogP contribution in [0.4, 0.5) is 15.8 Å². The summed E-state index contributed by atoms with van der Waals surface area (Å²) in [6.45, 7) is 5.97. The minimum Gasteiger partial charge on any atom is -0.348 e. The van der Waals surface area contributed by atoms with E-state index in [-0.39, 0.29) is 11.7 Å². The molecule has 1 amide bonds. The highest BCUT2D eigenvalue weighted by molar-refractivity contribution is 9.10. The van der Waals surface area contributed by atoms with Crippen LogP contribution >= 0.6 is 28.1 Å². The van der Waals surface area contributed by atoms with Crippen molar-refractivity contribution in [2.75, 3.05) is 36.8 Å². The average Bonchev–Trinajstić information content (AvgIpc) is 2.91. The summed E-state index contributed by atoms with van der Waals surface area (Å²) in [5.74, 6) is -0.355. The first-order valence-corrected chi connectivity index (χ1v) is 10.7. The monoisotopic (exact) mass is 478 g/mol. The number of halogens is 2. The lowest BCUT2D eigenvalue weighted by Crippen LogP contribution is -2.37. The lowest BCUT2D eigenvalue weighted by molar-refractivity contribution is -0.114. The minimum atomic E-state index is -0.288. The quantitative estimate of drug-likeness (QED) is 0.635. The number of anilines is 2. The number of hydrogen-bond donors (Lipinski definition) is 2. The minimum absolute atomic E-state index is 0.0670. The van der Waals surface area contributed by atoms with Gasteiger partial charge in [0, 0.05) is 49.8 Å². The fraction of sp³-hybridized carbons (Fsp3) is 0.333. The molecule has 8 heteroatoms. The van der Waals surface area contributed by atoms with Gasteiger partial charge in [-0.3, -0.25) is 9.69 Å². The van der Waals surface area contributed by atoms with E-state index in [2.05, 4.69) is 36.4 Å². The molecular formula is C21H24BrFN4OS. The maximum absolute atomic E-state index is 13.3. The zero-order chi connectivity index (χ0) is 20.8. The molecule has 1 saturated heterocycles. The number of carbonyl (C=O) groups is 1. The Kier molecular flexibility index (Phi) is 7.57. The van der Waals surface area contributed by atoms with Crippen LogP contribution in [0, 0.1) is 5.82 Å². The molecular weight excluding hydrogens is 455 g/mol. The van der Waals surface area contributed by atoms with Crippen molar-refractivity contribution in [2.45, 2.75) is 19.9 Å². The molecule has 0 atom stereocenters. The number of amides is 1. The molecule has 5 nitrogen and oxygen atoms in total. The lowest BCUT2D eigenvalue weighted by atomic mass is 10.2. The standard InChI is InChI=1S/C21H24BrFN4OS/c1-15(28)24-18-6-3-16(4-7-18)14-26-9-2-10-27(12-11-26)21(29)25-20-8-5-17(23)13-19(20)22/h3-8,13H,2,9-12,14H2,1H3,(H,24,28)(H,25,29). The molecule has 2 aromatic rings. The fourth-order valence-corrected chi connectivity index (χ4v) is 4.01. The second kappa shape index (κ2) is 10.1. The smallest absolute Gasteiger partial charge is 0.221 e. The highest BCUT2D eigenvalue weighted by atomic mass is 79.9. The highest BCUT2D eigenvalue weighted by Crippen LogP contribution is 2.23. The molecule has 1 fully saturated rings. The van der Waals surface area contributed by atoms with E-state index in [1.54, 1.807) is 6.07 Å². The second-order valence-electron chi connectivity index (χ2n) is 7.05. The van der Waals surface area contributed by atoms with E-state index in [9.17, 15) is 9.18 Å². The Balaban J connectivity index is 1.53. The summed E-state index contributed by atoms with van der Waals surface area (Å²) in [5, 5.41) is 6.65. The Morgan fingerprint density at radius 1 is 1.10 bits per heavy atom.